The number of Topliss-reactive ketones (excluding diaryl/α,β-unsaturated/α-hetero) is 2. The van der Waals surface area contributed by atoms with E-state index in [2.05, 4.69) is 5.32 Å². The van der Waals surface area contributed by atoms with Crippen LogP contribution in [0.15, 0.2) is 66.1 Å². The predicted molar refractivity (Wildman–Crippen MR) is 219 cm³/mol. The van der Waals surface area contributed by atoms with Gasteiger partial charge in [0.25, 0.3) is 11.7 Å². The molecule has 0 radical (unpaired) electrons. The number of hydrogen-bond donors (Lipinski definition) is 3. The van der Waals surface area contributed by atoms with Crippen LogP contribution in [0, 0.1) is 30.6 Å². The van der Waals surface area contributed by atoms with Gasteiger partial charge in [-0.1, -0.05) is 69.1 Å². The third kappa shape index (κ3) is 8.98. The zero-order valence-electron chi connectivity index (χ0n) is 34.5. The molecule has 0 spiro atoms. The lowest BCUT2D eigenvalue weighted by atomic mass is 9.78. The number of hydrogen-bond acceptors (Lipinski definition) is 13. The van der Waals surface area contributed by atoms with Gasteiger partial charge in [-0.3, -0.25) is 24.0 Å². The van der Waals surface area contributed by atoms with E-state index in [1.807, 2.05) is 0 Å². The summed E-state index contributed by atoms with van der Waals surface area (Å²) in [6.07, 6.45) is 4.00. The molecule has 0 fully saturated rings. The molecule has 1 amide bonds. The van der Waals surface area contributed by atoms with Crippen molar-refractivity contribution in [2.75, 3.05) is 7.11 Å². The van der Waals surface area contributed by atoms with Crippen molar-refractivity contribution in [1.29, 1.82) is 0 Å². The van der Waals surface area contributed by atoms with Gasteiger partial charge >= 0.3 is 17.7 Å². The molecule has 6 rings (SSSR count). The maximum Gasteiger partial charge on any atom is 0.345 e. The number of carbonyl (C=O) groups is 6. The fourth-order valence-corrected chi connectivity index (χ4v) is 8.02. The van der Waals surface area contributed by atoms with E-state index >= 15 is 0 Å². The zero-order chi connectivity index (χ0) is 44.5. The van der Waals surface area contributed by atoms with Crippen molar-refractivity contribution in [3.8, 4) is 11.5 Å². The second-order valence-electron chi connectivity index (χ2n) is 15.4. The SMILES string of the molecule is CO[C@H]1C=CO[C@@]2(C)Oc3c(C)c(OC(=O)c4ccc(Cl)cc4Cl)c4c(c3C2=O)C(=O)C=C(NC(=O)C(C)=CC=C[C@H](C)[C@H](O)[C@@H](C)[C@H](O)[C@H](C)[C@H](OC(C)=O)[C@@H]1C)C4=O. The second kappa shape index (κ2) is 18.2. The molecule has 2 aromatic carbocycles. The highest BCUT2D eigenvalue weighted by Gasteiger charge is 2.52. The van der Waals surface area contributed by atoms with E-state index in [4.69, 9.17) is 46.9 Å². The third-order valence-corrected chi connectivity index (χ3v) is 11.7. The molecule has 3 aliphatic heterocycles. The minimum Gasteiger partial charge on any atom is -0.462 e. The Morgan fingerprint density at radius 1 is 0.917 bits per heavy atom. The smallest absolute Gasteiger partial charge is 0.345 e. The lowest BCUT2D eigenvalue weighted by Gasteiger charge is -2.38. The summed E-state index contributed by atoms with van der Waals surface area (Å²) in [5, 5.41) is 25.4. The van der Waals surface area contributed by atoms with E-state index in [1.54, 1.807) is 33.8 Å². The Labute approximate surface area is 357 Å². The number of esters is 2. The van der Waals surface area contributed by atoms with Gasteiger partial charge in [-0.15, -0.1) is 0 Å². The van der Waals surface area contributed by atoms with Crippen LogP contribution in [0.5, 0.6) is 11.5 Å². The van der Waals surface area contributed by atoms with Crippen LogP contribution in [0.25, 0.3) is 0 Å². The minimum atomic E-state index is -2.15. The molecule has 0 saturated carbocycles. The van der Waals surface area contributed by atoms with Crippen LogP contribution in [0.1, 0.15) is 95.5 Å². The van der Waals surface area contributed by atoms with Crippen LogP contribution in [-0.2, 0) is 23.8 Å². The maximum absolute atomic E-state index is 14.4. The summed E-state index contributed by atoms with van der Waals surface area (Å²) in [4.78, 5) is 82.2. The van der Waals surface area contributed by atoms with Gasteiger partial charge in [-0.05, 0) is 38.1 Å². The van der Waals surface area contributed by atoms with E-state index in [0.29, 0.717) is 0 Å². The van der Waals surface area contributed by atoms with Crippen LogP contribution in [0.3, 0.4) is 0 Å². The van der Waals surface area contributed by atoms with Crippen LogP contribution in [-0.4, -0.2) is 82.7 Å². The largest absolute Gasteiger partial charge is 0.462 e. The molecule has 9 atom stereocenters. The highest BCUT2D eigenvalue weighted by atomic mass is 35.5. The number of halogens is 2. The van der Waals surface area contributed by atoms with Crippen molar-refractivity contribution in [2.45, 2.75) is 85.6 Å². The summed E-state index contributed by atoms with van der Waals surface area (Å²) < 4.78 is 29.3. The fourth-order valence-electron chi connectivity index (χ4n) is 7.54. The van der Waals surface area contributed by atoms with Gasteiger partial charge in [0.05, 0.1) is 57.5 Å². The number of nitrogens with one attached hydrogen (secondary N) is 1. The van der Waals surface area contributed by atoms with Gasteiger partial charge < -0.3 is 39.2 Å². The highest BCUT2D eigenvalue weighted by Crippen LogP contribution is 2.48. The van der Waals surface area contributed by atoms with Gasteiger partial charge in [0.1, 0.15) is 17.6 Å². The van der Waals surface area contributed by atoms with Gasteiger partial charge in [-0.2, -0.15) is 0 Å². The number of ketones is 3. The van der Waals surface area contributed by atoms with E-state index < -0.39 is 112 Å². The van der Waals surface area contributed by atoms with Crippen LogP contribution < -0.4 is 14.8 Å². The Morgan fingerprint density at radius 2 is 1.60 bits per heavy atom. The molecule has 0 unspecified atom stereocenters. The first-order valence-corrected chi connectivity index (χ1v) is 19.9. The standard InChI is InChI=1S/C44H47Cl2NO13/c1-19-11-10-12-20(2)42(54)47-29-18-30(49)32-33(37(29)52)39(59-43(55)27-14-13-26(45)17-28(27)46)24(6)40-34(32)41(53)44(8,60-40)57-16-15-31(56-9)21(3)38(58-25(7)48)23(5)36(51)22(4)35(19)50/h10-19,21-23,31,35-36,38,50-51H,1-9H3,(H,47,54)/t19-,21+,22+,23-,31-,35-,36-,38+,44-/m0/s1. The van der Waals surface area contributed by atoms with Gasteiger partial charge in [0.2, 0.25) is 5.78 Å². The summed E-state index contributed by atoms with van der Waals surface area (Å²) in [6.45, 7) is 12.2. The van der Waals surface area contributed by atoms with Crippen LogP contribution in [0.4, 0.5) is 0 Å². The number of aliphatic hydroxyl groups excluding tert-OH is 2. The normalized spacial score (nSPS) is 28.6. The van der Waals surface area contributed by atoms with Crippen molar-refractivity contribution in [3.63, 3.8) is 0 Å². The summed E-state index contributed by atoms with van der Waals surface area (Å²) >= 11 is 12.3. The van der Waals surface area contributed by atoms with Crippen molar-refractivity contribution in [1.82, 2.24) is 5.32 Å². The van der Waals surface area contributed by atoms with Crippen molar-refractivity contribution < 1.29 is 62.7 Å². The molecular weight excluding hydrogens is 821 g/mol. The second-order valence-corrected chi connectivity index (χ2v) is 16.2. The molecule has 0 saturated heterocycles. The summed E-state index contributed by atoms with van der Waals surface area (Å²) in [6, 6.07) is 4.01. The molecule has 60 heavy (non-hydrogen) atoms. The Kier molecular flexibility index (Phi) is 14.0. The number of rotatable bonds is 4. The lowest BCUT2D eigenvalue weighted by Crippen LogP contribution is -2.46. The maximum atomic E-state index is 14.4. The quantitative estimate of drug-likeness (QED) is 0.224. The van der Waals surface area contributed by atoms with Crippen molar-refractivity contribution in [3.05, 3.63) is 104 Å². The molecule has 320 valence electrons. The molecule has 3 heterocycles. The van der Waals surface area contributed by atoms with Crippen LogP contribution in [0.2, 0.25) is 10.0 Å². The number of carbonyl (C=O) groups excluding carboxylic acids is 6. The fraction of sp³-hybridized carbons (Fsp3) is 0.409. The average molecular weight is 869 g/mol. The monoisotopic (exact) mass is 867 g/mol. The topological polar surface area (TPSA) is 201 Å². The molecule has 4 aliphatic rings. The number of ether oxygens (including phenoxy) is 5. The highest BCUT2D eigenvalue weighted by molar-refractivity contribution is 6.36. The van der Waals surface area contributed by atoms with Gasteiger partial charge in [0, 0.05) is 66.9 Å². The number of benzene rings is 2. The molecular formula is C44H47Cl2NO13. The van der Waals surface area contributed by atoms with Crippen molar-refractivity contribution >= 4 is 58.4 Å². The Hall–Kier alpha value is -5.12. The van der Waals surface area contributed by atoms with Crippen molar-refractivity contribution in [2.24, 2.45) is 23.7 Å². The van der Waals surface area contributed by atoms with E-state index in [0.717, 1.165) is 12.3 Å². The molecule has 2 aromatic rings. The Bertz CT molecular complexity index is 2260. The van der Waals surface area contributed by atoms with E-state index in [1.165, 1.54) is 71.2 Å². The minimum absolute atomic E-state index is 0.0296. The Morgan fingerprint density at radius 3 is 2.23 bits per heavy atom. The average Bonchev–Trinajstić information content (AvgIpc) is 3.45. The summed E-state index contributed by atoms with van der Waals surface area (Å²) in [7, 11) is 1.40. The summed E-state index contributed by atoms with van der Waals surface area (Å²) in [5.41, 5.74) is -1.79. The molecule has 5 bridgehead atoms. The van der Waals surface area contributed by atoms with E-state index in [9.17, 15) is 39.0 Å². The number of fused-ring (bicyclic) bond motifs is 14. The third-order valence-electron chi connectivity index (χ3n) is 11.1. The lowest BCUT2D eigenvalue weighted by molar-refractivity contribution is -0.160. The molecule has 3 N–H and O–H groups in total. The first-order chi connectivity index (χ1) is 28.1. The number of allylic oxidation sites excluding steroid dienone is 4. The molecule has 16 heteroatoms. The zero-order valence-corrected chi connectivity index (χ0v) is 36.0. The van der Waals surface area contributed by atoms with Gasteiger partial charge in [-0.25, -0.2) is 4.79 Å². The molecule has 14 nitrogen and oxygen atoms in total. The summed E-state index contributed by atoms with van der Waals surface area (Å²) in [5.74, 6) is -10.5. The van der Waals surface area contributed by atoms with Crippen LogP contribution >= 0.6 is 23.2 Å². The number of aliphatic hydroxyl groups is 2. The molecule has 0 aromatic heterocycles. The first kappa shape index (κ1) is 46.0. The van der Waals surface area contributed by atoms with E-state index in [-0.39, 0.29) is 38.1 Å². The molecule has 1 aliphatic carbocycles. The number of methoxy groups -OCH3 is 1. The first-order valence-electron chi connectivity index (χ1n) is 19.1. The van der Waals surface area contributed by atoms with Gasteiger partial charge in [0.15, 0.2) is 5.78 Å². The Balaban J connectivity index is 1.67. The number of amides is 1. The predicted octanol–water partition coefficient (Wildman–Crippen LogP) is 6.45.